The Kier molecular flexibility index (Phi) is 7.94. The smallest absolute Gasteiger partial charge is 0.261 e. The Morgan fingerprint density at radius 2 is 1.28 bits per heavy atom. The molecule has 0 aliphatic carbocycles. The van der Waals surface area contributed by atoms with Gasteiger partial charge in [-0.3, -0.25) is 0 Å². The normalized spacial score (nSPS) is 11.8. The SMILES string of the molecule is COc1ccc(CO)cc1Oc1ccccc1CO[Si](c1ccccc1)(c1ccccc1)C(C)(C)C. The van der Waals surface area contributed by atoms with E-state index in [1.807, 2.05) is 48.5 Å². The molecule has 0 saturated carbocycles. The Hall–Kier alpha value is -3.38. The first kappa shape index (κ1) is 25.7. The van der Waals surface area contributed by atoms with E-state index in [1.165, 1.54) is 10.4 Å². The standard InChI is InChI=1S/C31H34O4Si/c1-31(2,3)36(26-14-7-5-8-15-26,27-16-9-6-10-17-27)34-23-25-13-11-12-18-28(25)35-30-21-24(22-32)19-20-29(30)33-4/h5-21,32H,22-23H2,1-4H3. The van der Waals surface area contributed by atoms with Gasteiger partial charge in [-0.1, -0.05) is 106 Å². The third-order valence-electron chi connectivity index (χ3n) is 6.46. The number of aliphatic hydroxyl groups excluding tert-OH is 1. The van der Waals surface area contributed by atoms with E-state index in [0.717, 1.165) is 11.1 Å². The maximum Gasteiger partial charge on any atom is 0.261 e. The van der Waals surface area contributed by atoms with E-state index < -0.39 is 8.32 Å². The molecule has 0 radical (unpaired) electrons. The van der Waals surface area contributed by atoms with Crippen molar-refractivity contribution >= 4 is 18.7 Å². The van der Waals surface area contributed by atoms with Gasteiger partial charge in [0, 0.05) is 5.56 Å². The molecule has 0 spiro atoms. The van der Waals surface area contributed by atoms with Crippen LogP contribution < -0.4 is 19.8 Å². The molecule has 5 heteroatoms. The Labute approximate surface area is 215 Å². The van der Waals surface area contributed by atoms with Gasteiger partial charge in [-0.25, -0.2) is 0 Å². The van der Waals surface area contributed by atoms with Crippen molar-refractivity contribution < 1.29 is 19.0 Å². The molecule has 0 fully saturated rings. The maximum absolute atomic E-state index is 9.60. The lowest BCUT2D eigenvalue weighted by molar-refractivity contribution is 0.278. The number of benzene rings is 4. The molecular weight excluding hydrogens is 464 g/mol. The minimum Gasteiger partial charge on any atom is -0.493 e. The van der Waals surface area contributed by atoms with Crippen LogP contribution in [0.5, 0.6) is 17.2 Å². The lowest BCUT2D eigenvalue weighted by Gasteiger charge is -2.43. The van der Waals surface area contributed by atoms with Crippen molar-refractivity contribution in [2.45, 2.75) is 39.0 Å². The molecule has 0 unspecified atom stereocenters. The summed E-state index contributed by atoms with van der Waals surface area (Å²) in [5.74, 6) is 1.86. The van der Waals surface area contributed by atoms with Crippen LogP contribution in [0, 0.1) is 0 Å². The van der Waals surface area contributed by atoms with Crippen molar-refractivity contribution in [3.05, 3.63) is 114 Å². The van der Waals surface area contributed by atoms with Gasteiger partial charge in [0.2, 0.25) is 0 Å². The molecule has 36 heavy (non-hydrogen) atoms. The van der Waals surface area contributed by atoms with Crippen molar-refractivity contribution in [3.8, 4) is 17.2 Å². The van der Waals surface area contributed by atoms with Gasteiger partial charge in [-0.2, -0.15) is 0 Å². The van der Waals surface area contributed by atoms with Gasteiger partial charge in [0.1, 0.15) is 5.75 Å². The van der Waals surface area contributed by atoms with Crippen LogP contribution in [0.1, 0.15) is 31.9 Å². The molecule has 1 N–H and O–H groups in total. The van der Waals surface area contributed by atoms with E-state index >= 15 is 0 Å². The summed E-state index contributed by atoms with van der Waals surface area (Å²) >= 11 is 0. The largest absolute Gasteiger partial charge is 0.493 e. The molecular formula is C31H34O4Si. The second-order valence-electron chi connectivity index (χ2n) is 9.81. The zero-order chi connectivity index (χ0) is 25.6. The predicted molar refractivity (Wildman–Crippen MR) is 148 cm³/mol. The number of ether oxygens (including phenoxy) is 2. The molecule has 0 aromatic heterocycles. The Bertz CT molecular complexity index is 1230. The third-order valence-corrected chi connectivity index (χ3v) is 11.4. The van der Waals surface area contributed by atoms with Crippen LogP contribution in [0.3, 0.4) is 0 Å². The fourth-order valence-corrected chi connectivity index (χ4v) is 9.22. The Morgan fingerprint density at radius 1 is 0.694 bits per heavy atom. The molecule has 4 nitrogen and oxygen atoms in total. The van der Waals surface area contributed by atoms with E-state index in [1.54, 1.807) is 13.2 Å². The fraction of sp³-hybridized carbons (Fsp3) is 0.226. The first-order valence-electron chi connectivity index (χ1n) is 12.2. The van der Waals surface area contributed by atoms with Gasteiger partial charge < -0.3 is 19.0 Å². The lowest BCUT2D eigenvalue weighted by atomic mass is 10.2. The summed E-state index contributed by atoms with van der Waals surface area (Å²) < 4.78 is 19.0. The summed E-state index contributed by atoms with van der Waals surface area (Å²) in [5, 5.41) is 12.0. The quantitative estimate of drug-likeness (QED) is 0.285. The summed E-state index contributed by atoms with van der Waals surface area (Å²) in [4.78, 5) is 0. The van der Waals surface area contributed by atoms with Gasteiger partial charge in [-0.15, -0.1) is 0 Å². The van der Waals surface area contributed by atoms with Crippen LogP contribution in [-0.4, -0.2) is 20.5 Å². The molecule has 0 saturated heterocycles. The van der Waals surface area contributed by atoms with Gasteiger partial charge in [0.25, 0.3) is 8.32 Å². The highest BCUT2D eigenvalue weighted by atomic mass is 28.4. The number of hydrogen-bond donors (Lipinski definition) is 1. The number of methoxy groups -OCH3 is 1. The number of para-hydroxylation sites is 1. The van der Waals surface area contributed by atoms with Gasteiger partial charge in [0.05, 0.1) is 20.3 Å². The average Bonchev–Trinajstić information content (AvgIpc) is 2.90. The maximum atomic E-state index is 9.60. The molecule has 186 valence electrons. The van der Waals surface area contributed by atoms with Crippen molar-refractivity contribution in [2.24, 2.45) is 0 Å². The zero-order valence-corrected chi connectivity index (χ0v) is 22.4. The molecule has 4 rings (SSSR count). The Balaban J connectivity index is 1.74. The first-order valence-corrected chi connectivity index (χ1v) is 14.1. The minimum absolute atomic E-state index is 0.0705. The molecule has 0 atom stereocenters. The van der Waals surface area contributed by atoms with Crippen LogP contribution in [0.25, 0.3) is 0 Å². The summed E-state index contributed by atoms with van der Waals surface area (Å²) in [6.45, 7) is 7.14. The molecule has 0 aliphatic heterocycles. The molecule has 0 aliphatic rings. The average molecular weight is 499 g/mol. The molecule has 0 amide bonds. The van der Waals surface area contributed by atoms with Crippen molar-refractivity contribution in [2.75, 3.05) is 7.11 Å². The molecule has 4 aromatic rings. The summed E-state index contributed by atoms with van der Waals surface area (Å²) in [7, 11) is -1.08. The van der Waals surface area contributed by atoms with Crippen molar-refractivity contribution in [1.82, 2.24) is 0 Å². The van der Waals surface area contributed by atoms with Crippen LogP contribution in [-0.2, 0) is 17.6 Å². The monoisotopic (exact) mass is 498 g/mol. The van der Waals surface area contributed by atoms with E-state index in [2.05, 4.69) is 69.3 Å². The predicted octanol–water partition coefficient (Wildman–Crippen LogP) is 6.06. The molecule has 4 aromatic carbocycles. The lowest BCUT2D eigenvalue weighted by Crippen LogP contribution is -2.66. The number of rotatable bonds is 9. The zero-order valence-electron chi connectivity index (χ0n) is 21.4. The van der Waals surface area contributed by atoms with Gasteiger partial charge >= 0.3 is 0 Å². The van der Waals surface area contributed by atoms with Crippen LogP contribution in [0.4, 0.5) is 0 Å². The number of aliphatic hydroxyl groups is 1. The molecule has 0 bridgehead atoms. The highest BCUT2D eigenvalue weighted by Crippen LogP contribution is 2.39. The van der Waals surface area contributed by atoms with E-state index in [0.29, 0.717) is 23.9 Å². The second-order valence-corrected chi connectivity index (χ2v) is 14.1. The summed E-state index contributed by atoms with van der Waals surface area (Å²) in [5.41, 5.74) is 1.70. The summed E-state index contributed by atoms with van der Waals surface area (Å²) in [6, 6.07) is 34.6. The summed E-state index contributed by atoms with van der Waals surface area (Å²) in [6.07, 6.45) is 0. The van der Waals surface area contributed by atoms with Crippen molar-refractivity contribution in [3.63, 3.8) is 0 Å². The topological polar surface area (TPSA) is 47.9 Å². The van der Waals surface area contributed by atoms with Crippen LogP contribution in [0.2, 0.25) is 5.04 Å². The van der Waals surface area contributed by atoms with Gasteiger partial charge in [0.15, 0.2) is 11.5 Å². The second kappa shape index (κ2) is 11.1. The fourth-order valence-electron chi connectivity index (χ4n) is 4.69. The van der Waals surface area contributed by atoms with Crippen LogP contribution in [0.15, 0.2) is 103 Å². The highest BCUT2D eigenvalue weighted by molar-refractivity contribution is 6.99. The van der Waals surface area contributed by atoms with Gasteiger partial charge in [-0.05, 0) is 39.2 Å². The highest BCUT2D eigenvalue weighted by Gasteiger charge is 2.50. The molecule has 0 heterocycles. The Morgan fingerprint density at radius 3 is 1.83 bits per heavy atom. The number of hydrogen-bond acceptors (Lipinski definition) is 4. The van der Waals surface area contributed by atoms with E-state index in [9.17, 15) is 5.11 Å². The van der Waals surface area contributed by atoms with E-state index in [-0.39, 0.29) is 11.6 Å². The van der Waals surface area contributed by atoms with Crippen LogP contribution >= 0.6 is 0 Å². The van der Waals surface area contributed by atoms with Crippen molar-refractivity contribution in [1.29, 1.82) is 0 Å². The first-order chi connectivity index (χ1) is 17.4. The third kappa shape index (κ3) is 5.24. The van der Waals surface area contributed by atoms with E-state index in [4.69, 9.17) is 13.9 Å². The minimum atomic E-state index is -2.69.